The summed E-state index contributed by atoms with van der Waals surface area (Å²) in [7, 11) is 0. The first-order valence-electron chi connectivity index (χ1n) is 10.5. The number of hydrogen-bond acceptors (Lipinski definition) is 8. The third kappa shape index (κ3) is 4.69. The lowest BCUT2D eigenvalue weighted by atomic mass is 9.99. The Hall–Kier alpha value is -4.21. The summed E-state index contributed by atoms with van der Waals surface area (Å²) in [6.07, 6.45) is 3.18. The molecule has 3 heterocycles. The number of anilines is 1. The van der Waals surface area contributed by atoms with Crippen LogP contribution in [0.15, 0.2) is 46.1 Å². The van der Waals surface area contributed by atoms with Crippen LogP contribution >= 0.6 is 0 Å². The van der Waals surface area contributed by atoms with E-state index >= 15 is 0 Å². The van der Waals surface area contributed by atoms with Gasteiger partial charge >= 0.3 is 0 Å². The molecule has 33 heavy (non-hydrogen) atoms. The second-order valence-electron chi connectivity index (χ2n) is 7.76. The number of rotatable bonds is 7. The lowest BCUT2D eigenvalue weighted by Crippen LogP contribution is -2.13. The molecule has 0 saturated heterocycles. The van der Waals surface area contributed by atoms with Crippen LogP contribution in [0.4, 0.5) is 5.69 Å². The van der Waals surface area contributed by atoms with Gasteiger partial charge < -0.3 is 14.8 Å². The molecule has 1 atom stereocenters. The number of nitrogens with zero attached hydrogens (tertiary/aromatic N) is 4. The molecule has 1 amide bonds. The van der Waals surface area contributed by atoms with E-state index in [1.165, 1.54) is 12.4 Å². The fraction of sp³-hybridized carbons (Fsp3) is 0.261. The highest BCUT2D eigenvalue weighted by Crippen LogP contribution is 2.24. The highest BCUT2D eigenvalue weighted by Gasteiger charge is 2.22. The number of amides is 1. The summed E-state index contributed by atoms with van der Waals surface area (Å²) in [6.45, 7) is 5.86. The van der Waals surface area contributed by atoms with E-state index in [2.05, 4.69) is 37.3 Å². The van der Waals surface area contributed by atoms with Crippen LogP contribution in [0.1, 0.15) is 64.1 Å². The monoisotopic (exact) mass is 446 g/mol. The number of aromatic amines is 1. The molecule has 0 aliphatic carbocycles. The Morgan fingerprint density at radius 3 is 2.79 bits per heavy atom. The van der Waals surface area contributed by atoms with Crippen molar-refractivity contribution in [1.82, 2.24) is 25.1 Å². The summed E-state index contributed by atoms with van der Waals surface area (Å²) in [5, 5.41) is 6.68. The maximum absolute atomic E-state index is 12.8. The summed E-state index contributed by atoms with van der Waals surface area (Å²) in [5.41, 5.74) is 3.20. The van der Waals surface area contributed by atoms with E-state index in [-0.39, 0.29) is 40.7 Å². The minimum Gasteiger partial charge on any atom is -0.360 e. The number of fused-ring (bicyclic) bond motifs is 1. The van der Waals surface area contributed by atoms with Crippen LogP contribution in [-0.4, -0.2) is 36.8 Å². The van der Waals surface area contributed by atoms with E-state index < -0.39 is 11.5 Å². The zero-order valence-corrected chi connectivity index (χ0v) is 18.4. The van der Waals surface area contributed by atoms with Gasteiger partial charge in [0.1, 0.15) is 23.3 Å². The van der Waals surface area contributed by atoms with Crippen LogP contribution in [0.2, 0.25) is 0 Å². The number of Topliss-reactive ketones (excluding diaryl/α,β-unsaturated/α-hetero) is 1. The Labute approximate surface area is 188 Å². The van der Waals surface area contributed by atoms with Crippen molar-refractivity contribution in [2.24, 2.45) is 0 Å². The van der Waals surface area contributed by atoms with Gasteiger partial charge in [-0.1, -0.05) is 25.1 Å². The minimum atomic E-state index is -0.419. The molecule has 0 bridgehead atoms. The van der Waals surface area contributed by atoms with Crippen molar-refractivity contribution in [3.8, 4) is 0 Å². The summed E-state index contributed by atoms with van der Waals surface area (Å²) in [4.78, 5) is 51.3. The van der Waals surface area contributed by atoms with Crippen molar-refractivity contribution in [2.75, 3.05) is 5.32 Å². The van der Waals surface area contributed by atoms with Gasteiger partial charge in [-0.25, -0.2) is 15.0 Å². The predicted octanol–water partition coefficient (Wildman–Crippen LogP) is 3.20. The number of aromatic nitrogens is 5. The molecule has 4 rings (SSSR count). The second-order valence-corrected chi connectivity index (χ2v) is 7.76. The molecule has 3 aromatic heterocycles. The average molecular weight is 446 g/mol. The van der Waals surface area contributed by atoms with Gasteiger partial charge in [0, 0.05) is 24.1 Å². The van der Waals surface area contributed by atoms with Crippen molar-refractivity contribution in [2.45, 2.75) is 39.5 Å². The molecule has 0 fully saturated rings. The maximum atomic E-state index is 12.8. The van der Waals surface area contributed by atoms with Gasteiger partial charge in [-0.15, -0.1) is 0 Å². The van der Waals surface area contributed by atoms with Crippen LogP contribution in [0.5, 0.6) is 0 Å². The number of aryl methyl sites for hydroxylation is 2. The fourth-order valence-electron chi connectivity index (χ4n) is 3.50. The average Bonchev–Trinajstić information content (AvgIpc) is 3.30. The van der Waals surface area contributed by atoms with E-state index in [9.17, 15) is 14.4 Å². The van der Waals surface area contributed by atoms with E-state index in [0.29, 0.717) is 11.4 Å². The smallest absolute Gasteiger partial charge is 0.277 e. The van der Waals surface area contributed by atoms with E-state index in [1.807, 2.05) is 25.1 Å². The van der Waals surface area contributed by atoms with Crippen molar-refractivity contribution in [3.63, 3.8) is 0 Å². The maximum Gasteiger partial charge on any atom is 0.277 e. The van der Waals surface area contributed by atoms with E-state index in [4.69, 9.17) is 4.52 Å². The van der Waals surface area contributed by atoms with Crippen LogP contribution < -0.4 is 10.9 Å². The zero-order valence-electron chi connectivity index (χ0n) is 18.4. The van der Waals surface area contributed by atoms with Crippen LogP contribution in [0.25, 0.3) is 11.2 Å². The van der Waals surface area contributed by atoms with Gasteiger partial charge in [-0.3, -0.25) is 14.4 Å². The third-order valence-corrected chi connectivity index (χ3v) is 5.37. The lowest BCUT2D eigenvalue weighted by molar-refractivity contribution is 0.0965. The molecule has 0 spiro atoms. The lowest BCUT2D eigenvalue weighted by Gasteiger charge is -2.08. The highest BCUT2D eigenvalue weighted by atomic mass is 16.5. The molecule has 10 nitrogen and oxygen atoms in total. The standard InChI is InChI=1S/C23H22N6O4/c1-4-14-8-15(6-5-12(14)2)27-23(32)16-9-18(33-29-16)13(3)7-17(30)20-21-22(26-11-25-20)28-19(31)10-24-21/h5-6,8-11,13H,4,7H2,1-3H3,(H,27,32)(H,25,26,28,31)/t13-/m0/s1. The number of hydrogen-bond donors (Lipinski definition) is 2. The number of H-pyrrole nitrogens is 1. The zero-order chi connectivity index (χ0) is 23.5. The molecule has 0 radical (unpaired) electrons. The van der Waals surface area contributed by atoms with Gasteiger partial charge in [0.2, 0.25) is 0 Å². The number of ketones is 1. The van der Waals surface area contributed by atoms with Gasteiger partial charge in [0.15, 0.2) is 17.1 Å². The number of nitrogens with one attached hydrogen (secondary N) is 2. The topological polar surface area (TPSA) is 144 Å². The van der Waals surface area contributed by atoms with Crippen molar-refractivity contribution in [3.05, 3.63) is 75.4 Å². The van der Waals surface area contributed by atoms with E-state index in [1.54, 1.807) is 6.92 Å². The summed E-state index contributed by atoms with van der Waals surface area (Å²) >= 11 is 0. The van der Waals surface area contributed by atoms with Gasteiger partial charge in [0.05, 0.1) is 6.20 Å². The van der Waals surface area contributed by atoms with Crippen molar-refractivity contribution < 1.29 is 14.1 Å². The number of carbonyl (C=O) groups is 2. The fourth-order valence-corrected chi connectivity index (χ4v) is 3.50. The minimum absolute atomic E-state index is 0.0427. The van der Waals surface area contributed by atoms with E-state index in [0.717, 1.165) is 23.7 Å². The molecule has 10 heteroatoms. The Morgan fingerprint density at radius 2 is 2.00 bits per heavy atom. The second kappa shape index (κ2) is 9.11. The molecular formula is C23H22N6O4. The molecule has 4 aromatic rings. The molecule has 2 N–H and O–H groups in total. The first-order valence-corrected chi connectivity index (χ1v) is 10.5. The highest BCUT2D eigenvalue weighted by molar-refractivity contribution is 6.04. The summed E-state index contributed by atoms with van der Waals surface area (Å²) in [6, 6.07) is 7.25. The first kappa shape index (κ1) is 22.0. The first-order chi connectivity index (χ1) is 15.9. The molecular weight excluding hydrogens is 424 g/mol. The van der Waals surface area contributed by atoms with Crippen LogP contribution in [-0.2, 0) is 6.42 Å². The molecule has 0 saturated carbocycles. The molecule has 168 valence electrons. The quantitative estimate of drug-likeness (QED) is 0.412. The number of carbonyl (C=O) groups excluding carboxylic acids is 2. The predicted molar refractivity (Wildman–Crippen MR) is 120 cm³/mol. The molecule has 1 aromatic carbocycles. The van der Waals surface area contributed by atoms with Gasteiger partial charge in [0.25, 0.3) is 11.5 Å². The molecule has 0 aliphatic heterocycles. The normalized spacial score (nSPS) is 12.0. The van der Waals surface area contributed by atoms with Gasteiger partial charge in [-0.05, 0) is 36.6 Å². The Balaban J connectivity index is 1.47. The number of benzene rings is 1. The van der Waals surface area contributed by atoms with Crippen molar-refractivity contribution in [1.29, 1.82) is 0 Å². The summed E-state index contributed by atoms with van der Waals surface area (Å²) < 4.78 is 5.33. The van der Waals surface area contributed by atoms with Crippen molar-refractivity contribution >= 4 is 28.5 Å². The Morgan fingerprint density at radius 1 is 1.18 bits per heavy atom. The largest absolute Gasteiger partial charge is 0.360 e. The summed E-state index contributed by atoms with van der Waals surface area (Å²) in [5.74, 6) is -0.676. The SMILES string of the molecule is CCc1cc(NC(=O)c2cc([C@@H](C)CC(=O)c3ncnc4[nH]c(=O)cnc34)on2)ccc1C. The molecule has 0 unspecified atom stereocenters. The van der Waals surface area contributed by atoms with Crippen LogP contribution in [0, 0.1) is 6.92 Å². The molecule has 0 aliphatic rings. The third-order valence-electron chi connectivity index (χ3n) is 5.37. The van der Waals surface area contributed by atoms with Gasteiger partial charge in [-0.2, -0.15) is 0 Å². The Kier molecular flexibility index (Phi) is 6.07. The Bertz CT molecular complexity index is 1410. The van der Waals surface area contributed by atoms with Crippen LogP contribution in [0.3, 0.4) is 0 Å².